The predicted molar refractivity (Wildman–Crippen MR) is 87.9 cm³/mol. The van der Waals surface area contributed by atoms with Crippen molar-refractivity contribution < 1.29 is 9.53 Å². The van der Waals surface area contributed by atoms with E-state index in [9.17, 15) is 9.59 Å². The number of pyridine rings is 2. The van der Waals surface area contributed by atoms with E-state index in [-0.39, 0.29) is 12.1 Å². The summed E-state index contributed by atoms with van der Waals surface area (Å²) in [5.41, 5.74) is 0.867. The minimum atomic E-state index is -0.436. The lowest BCUT2D eigenvalue weighted by Crippen LogP contribution is -2.20. The summed E-state index contributed by atoms with van der Waals surface area (Å²) >= 11 is 5.94. The first-order valence-corrected chi connectivity index (χ1v) is 7.28. The zero-order valence-corrected chi connectivity index (χ0v) is 13.1. The molecule has 0 atom stereocenters. The normalized spacial score (nSPS) is 10.7. The summed E-state index contributed by atoms with van der Waals surface area (Å²) in [7, 11) is 1.32. The smallest absolute Gasteiger partial charge is 0.337 e. The van der Waals surface area contributed by atoms with Crippen LogP contribution in [0.2, 0.25) is 5.02 Å². The summed E-state index contributed by atoms with van der Waals surface area (Å²) in [6.07, 6.45) is 3.21. The fourth-order valence-corrected chi connectivity index (χ4v) is 2.55. The van der Waals surface area contributed by atoms with Gasteiger partial charge in [-0.1, -0.05) is 11.6 Å². The van der Waals surface area contributed by atoms with Crippen LogP contribution in [0.15, 0.2) is 53.6 Å². The summed E-state index contributed by atoms with van der Waals surface area (Å²) < 4.78 is 6.23. The van der Waals surface area contributed by atoms with Crippen molar-refractivity contribution in [2.75, 3.05) is 7.11 Å². The lowest BCUT2D eigenvalue weighted by atomic mass is 10.1. The van der Waals surface area contributed by atoms with Crippen LogP contribution in [0.1, 0.15) is 16.1 Å². The van der Waals surface area contributed by atoms with Gasteiger partial charge in [0.15, 0.2) is 0 Å². The Labute approximate surface area is 137 Å². The molecule has 23 heavy (non-hydrogen) atoms. The number of halogens is 1. The number of carbonyl (C=O) groups is 1. The molecule has 0 aliphatic carbocycles. The van der Waals surface area contributed by atoms with Crippen molar-refractivity contribution in [3.8, 4) is 0 Å². The number of hydrogen-bond donors (Lipinski definition) is 0. The first kappa shape index (κ1) is 15.2. The molecule has 1 aromatic carbocycles. The number of rotatable bonds is 3. The lowest BCUT2D eigenvalue weighted by Gasteiger charge is -2.08. The number of fused-ring (bicyclic) bond motifs is 1. The molecule has 0 aliphatic heterocycles. The fourth-order valence-electron chi connectivity index (χ4n) is 2.37. The highest BCUT2D eigenvalue weighted by molar-refractivity contribution is 6.31. The van der Waals surface area contributed by atoms with Crippen LogP contribution in [0.5, 0.6) is 0 Å². The summed E-state index contributed by atoms with van der Waals surface area (Å²) in [5, 5.41) is 1.96. The maximum Gasteiger partial charge on any atom is 0.337 e. The molecule has 0 bridgehead atoms. The number of ether oxygens (including phenoxy) is 1. The van der Waals surface area contributed by atoms with Gasteiger partial charge in [-0.3, -0.25) is 9.78 Å². The van der Waals surface area contributed by atoms with Crippen LogP contribution in [-0.2, 0) is 11.3 Å². The van der Waals surface area contributed by atoms with Crippen LogP contribution in [0.3, 0.4) is 0 Å². The summed E-state index contributed by atoms with van der Waals surface area (Å²) in [6.45, 7) is 0.266. The minimum absolute atomic E-state index is 0.135. The van der Waals surface area contributed by atoms with Gasteiger partial charge in [0.2, 0.25) is 0 Å². The van der Waals surface area contributed by atoms with Crippen LogP contribution in [0.4, 0.5) is 0 Å². The van der Waals surface area contributed by atoms with E-state index in [2.05, 4.69) is 9.72 Å². The molecule has 2 aromatic heterocycles. The van der Waals surface area contributed by atoms with Crippen molar-refractivity contribution in [1.29, 1.82) is 0 Å². The molecule has 5 nitrogen and oxygen atoms in total. The van der Waals surface area contributed by atoms with Gasteiger partial charge in [0, 0.05) is 22.8 Å². The second-order valence-electron chi connectivity index (χ2n) is 5.01. The number of nitrogens with zero attached hydrogens (tertiary/aromatic N) is 2. The van der Waals surface area contributed by atoms with E-state index >= 15 is 0 Å². The van der Waals surface area contributed by atoms with Gasteiger partial charge >= 0.3 is 5.97 Å². The number of hydrogen-bond acceptors (Lipinski definition) is 4. The molecule has 0 saturated carbocycles. The molecule has 0 unspecified atom stereocenters. The summed E-state index contributed by atoms with van der Waals surface area (Å²) in [4.78, 5) is 28.3. The second kappa shape index (κ2) is 6.22. The highest BCUT2D eigenvalue weighted by Crippen LogP contribution is 2.16. The Morgan fingerprint density at radius 1 is 1.26 bits per heavy atom. The molecule has 116 valence electrons. The third-order valence-electron chi connectivity index (χ3n) is 3.51. The van der Waals surface area contributed by atoms with Gasteiger partial charge in [0.05, 0.1) is 24.9 Å². The first-order chi connectivity index (χ1) is 11.1. The number of benzene rings is 1. The molecule has 0 amide bonds. The molecule has 3 aromatic rings. The highest BCUT2D eigenvalue weighted by atomic mass is 35.5. The topological polar surface area (TPSA) is 61.2 Å². The molecule has 3 rings (SSSR count). The van der Waals surface area contributed by atoms with Crippen LogP contribution in [0, 0.1) is 0 Å². The average molecular weight is 329 g/mol. The molecule has 0 aliphatic rings. The number of esters is 1. The maximum atomic E-state index is 12.5. The van der Waals surface area contributed by atoms with Gasteiger partial charge in [0.1, 0.15) is 0 Å². The Kier molecular flexibility index (Phi) is 4.12. The number of carbonyl (C=O) groups excluding carboxylic acids is 1. The molecule has 0 radical (unpaired) electrons. The van der Waals surface area contributed by atoms with Gasteiger partial charge in [-0.05, 0) is 41.8 Å². The first-order valence-electron chi connectivity index (χ1n) is 6.90. The van der Waals surface area contributed by atoms with Crippen molar-refractivity contribution in [2.45, 2.75) is 6.54 Å². The maximum absolute atomic E-state index is 12.5. The van der Waals surface area contributed by atoms with E-state index in [4.69, 9.17) is 11.6 Å². The quantitative estimate of drug-likeness (QED) is 0.694. The Balaban J connectivity index is 1.99. The van der Waals surface area contributed by atoms with Crippen molar-refractivity contribution in [3.05, 3.63) is 75.4 Å². The molecule has 0 spiro atoms. The van der Waals surface area contributed by atoms with E-state index < -0.39 is 5.97 Å². The van der Waals surface area contributed by atoms with Crippen molar-refractivity contribution in [3.63, 3.8) is 0 Å². The third-order valence-corrected chi connectivity index (χ3v) is 3.74. The van der Waals surface area contributed by atoms with E-state index in [1.165, 1.54) is 13.3 Å². The van der Waals surface area contributed by atoms with Gasteiger partial charge in [-0.2, -0.15) is 0 Å². The van der Waals surface area contributed by atoms with E-state index in [1.807, 2.05) is 6.07 Å². The molecule has 0 fully saturated rings. The van der Waals surface area contributed by atoms with E-state index in [1.54, 1.807) is 41.1 Å². The largest absolute Gasteiger partial charge is 0.465 e. The molecule has 0 saturated heterocycles. The van der Waals surface area contributed by atoms with Gasteiger partial charge in [0.25, 0.3) is 5.56 Å². The average Bonchev–Trinajstić information content (AvgIpc) is 2.57. The molecular formula is C17H13ClN2O3. The Morgan fingerprint density at radius 2 is 2.09 bits per heavy atom. The summed E-state index contributed by atoms with van der Waals surface area (Å²) in [5.74, 6) is -0.436. The number of methoxy groups -OCH3 is 1. The van der Waals surface area contributed by atoms with Crippen molar-refractivity contribution >= 4 is 28.3 Å². The number of aromatic nitrogens is 2. The third kappa shape index (κ3) is 3.10. The van der Waals surface area contributed by atoms with Crippen LogP contribution < -0.4 is 5.56 Å². The van der Waals surface area contributed by atoms with Crippen LogP contribution in [-0.4, -0.2) is 22.6 Å². The fraction of sp³-hybridized carbons (Fsp3) is 0.118. The zero-order valence-electron chi connectivity index (χ0n) is 12.3. The minimum Gasteiger partial charge on any atom is -0.465 e. The standard InChI is InChI=1S/C17H13ClN2O3/c1-23-17(22)12-4-6-19-14(9-12)10-20-7-5-11-8-13(18)2-3-15(11)16(20)21/h2-9H,10H2,1H3. The highest BCUT2D eigenvalue weighted by Gasteiger charge is 2.08. The van der Waals surface area contributed by atoms with Crippen molar-refractivity contribution in [2.24, 2.45) is 0 Å². The Hall–Kier alpha value is -2.66. The SMILES string of the molecule is COC(=O)c1ccnc(Cn2ccc3cc(Cl)ccc3c2=O)c1. The summed E-state index contributed by atoms with van der Waals surface area (Å²) in [6, 6.07) is 10.1. The molecule has 6 heteroatoms. The molecule has 0 N–H and O–H groups in total. The van der Waals surface area contributed by atoms with Crippen LogP contribution in [0.25, 0.3) is 10.8 Å². The molecule has 2 heterocycles. The van der Waals surface area contributed by atoms with Crippen LogP contribution >= 0.6 is 11.6 Å². The van der Waals surface area contributed by atoms with Gasteiger partial charge < -0.3 is 9.30 Å². The zero-order chi connectivity index (χ0) is 16.4. The van der Waals surface area contributed by atoms with Gasteiger partial charge in [-0.25, -0.2) is 4.79 Å². The Morgan fingerprint density at radius 3 is 2.87 bits per heavy atom. The predicted octanol–water partition coefficient (Wildman–Crippen LogP) is 2.88. The lowest BCUT2D eigenvalue weighted by molar-refractivity contribution is 0.0600. The van der Waals surface area contributed by atoms with E-state index in [0.717, 1.165) is 5.39 Å². The van der Waals surface area contributed by atoms with Crippen molar-refractivity contribution in [1.82, 2.24) is 9.55 Å². The van der Waals surface area contributed by atoms with E-state index in [0.29, 0.717) is 21.7 Å². The second-order valence-corrected chi connectivity index (χ2v) is 5.44. The monoisotopic (exact) mass is 328 g/mol. The Bertz CT molecular complexity index is 950. The van der Waals surface area contributed by atoms with Gasteiger partial charge in [-0.15, -0.1) is 0 Å². The molecular weight excluding hydrogens is 316 g/mol.